The van der Waals surface area contributed by atoms with Crippen LogP contribution in [0.4, 0.5) is 0 Å². The lowest BCUT2D eigenvalue weighted by atomic mass is 9.47. The zero-order valence-electron chi connectivity index (χ0n) is 14.1. The van der Waals surface area contributed by atoms with E-state index in [-0.39, 0.29) is 0 Å². The molecule has 0 aromatic rings. The first-order chi connectivity index (χ1) is 10.5. The van der Waals surface area contributed by atoms with Crippen LogP contribution in [0.5, 0.6) is 0 Å². The minimum atomic E-state index is 0.331. The third kappa shape index (κ3) is 1.95. The van der Waals surface area contributed by atoms with E-state index in [1.807, 2.05) is 6.08 Å². The highest BCUT2D eigenvalue weighted by molar-refractivity contribution is 7.80. The molecule has 0 aromatic carbocycles. The van der Waals surface area contributed by atoms with Crippen molar-refractivity contribution in [3.63, 3.8) is 0 Å². The second-order valence-electron chi connectivity index (χ2n) is 8.97. The van der Waals surface area contributed by atoms with Crippen molar-refractivity contribution in [2.45, 2.75) is 65.2 Å². The molecule has 0 spiro atoms. The zero-order valence-corrected chi connectivity index (χ0v) is 15.0. The predicted molar refractivity (Wildman–Crippen MR) is 94.1 cm³/mol. The van der Waals surface area contributed by atoms with Gasteiger partial charge in [-0.1, -0.05) is 19.4 Å². The van der Waals surface area contributed by atoms with E-state index in [4.69, 9.17) is 0 Å². The Balaban J connectivity index is 1.67. The van der Waals surface area contributed by atoms with Gasteiger partial charge < -0.3 is 0 Å². The Hall–Kier alpha value is -0.240. The van der Waals surface area contributed by atoms with Crippen LogP contribution in [-0.2, 0) is 4.79 Å². The standard InChI is InChI=1S/C20H30OS/c1-19-9-7-15(21)11-13(19)3-5-16-17-6-4-14(12-22)20(17,2)10-8-18(16)19/h11,14,16-18,22H,3-10,12H2,1-2H3/t14?,16-,17-,18+,19-,20+/m0/s1. The Labute approximate surface area is 140 Å². The maximum Gasteiger partial charge on any atom is 0.155 e. The summed E-state index contributed by atoms with van der Waals surface area (Å²) in [5.74, 6) is 4.93. The summed E-state index contributed by atoms with van der Waals surface area (Å²) in [4.78, 5) is 11.9. The highest BCUT2D eigenvalue weighted by Crippen LogP contribution is 2.66. The van der Waals surface area contributed by atoms with Crippen molar-refractivity contribution < 1.29 is 4.79 Å². The van der Waals surface area contributed by atoms with Crippen LogP contribution < -0.4 is 0 Å². The first-order valence-corrected chi connectivity index (χ1v) is 9.97. The molecule has 6 atom stereocenters. The van der Waals surface area contributed by atoms with Crippen molar-refractivity contribution >= 4 is 18.4 Å². The maximum atomic E-state index is 11.9. The second-order valence-corrected chi connectivity index (χ2v) is 9.34. The molecule has 4 rings (SSSR count). The lowest BCUT2D eigenvalue weighted by Gasteiger charge is -2.58. The number of thiol groups is 1. The van der Waals surface area contributed by atoms with Gasteiger partial charge in [0.15, 0.2) is 5.78 Å². The molecule has 0 heterocycles. The topological polar surface area (TPSA) is 17.1 Å². The summed E-state index contributed by atoms with van der Waals surface area (Å²) in [6.45, 7) is 5.05. The molecule has 1 nitrogen and oxygen atoms in total. The average molecular weight is 319 g/mol. The molecular formula is C20H30OS. The molecule has 0 saturated heterocycles. The molecular weight excluding hydrogens is 288 g/mol. The normalized spacial score (nSPS) is 50.9. The maximum absolute atomic E-state index is 11.9. The first-order valence-electron chi connectivity index (χ1n) is 9.34. The fourth-order valence-corrected chi connectivity index (χ4v) is 7.57. The summed E-state index contributed by atoms with van der Waals surface area (Å²) in [6, 6.07) is 0. The van der Waals surface area contributed by atoms with Crippen molar-refractivity contribution in [2.24, 2.45) is 34.5 Å². The predicted octanol–water partition coefficient (Wildman–Crippen LogP) is 5.06. The molecule has 0 amide bonds. The number of carbonyl (C=O) groups excluding carboxylic acids is 1. The lowest BCUT2D eigenvalue weighted by molar-refractivity contribution is -0.117. The van der Waals surface area contributed by atoms with Crippen LogP contribution in [0, 0.1) is 34.5 Å². The van der Waals surface area contributed by atoms with Crippen LogP contribution in [0.2, 0.25) is 0 Å². The van der Waals surface area contributed by atoms with Crippen LogP contribution in [0.3, 0.4) is 0 Å². The quantitative estimate of drug-likeness (QED) is 0.668. The van der Waals surface area contributed by atoms with Gasteiger partial charge >= 0.3 is 0 Å². The molecule has 1 unspecified atom stereocenters. The van der Waals surface area contributed by atoms with Gasteiger partial charge in [-0.05, 0) is 91.3 Å². The van der Waals surface area contributed by atoms with E-state index in [1.54, 1.807) is 0 Å². The van der Waals surface area contributed by atoms with Gasteiger partial charge in [0.1, 0.15) is 0 Å². The number of carbonyl (C=O) groups is 1. The van der Waals surface area contributed by atoms with Crippen LogP contribution >= 0.6 is 12.6 Å². The first kappa shape index (κ1) is 15.3. The smallest absolute Gasteiger partial charge is 0.155 e. The molecule has 22 heavy (non-hydrogen) atoms. The number of allylic oxidation sites excluding steroid dienone is 1. The van der Waals surface area contributed by atoms with E-state index in [9.17, 15) is 4.79 Å². The molecule has 4 aliphatic carbocycles. The largest absolute Gasteiger partial charge is 0.295 e. The van der Waals surface area contributed by atoms with E-state index in [1.165, 1.54) is 44.1 Å². The second kappa shape index (κ2) is 5.13. The fraction of sp³-hybridized carbons (Fsp3) is 0.850. The van der Waals surface area contributed by atoms with Crippen molar-refractivity contribution in [2.75, 3.05) is 5.75 Å². The molecule has 0 aromatic heterocycles. The molecule has 3 saturated carbocycles. The number of rotatable bonds is 1. The summed E-state index contributed by atoms with van der Waals surface area (Å²) in [5, 5.41) is 0. The Morgan fingerprint density at radius 1 is 1.09 bits per heavy atom. The molecule has 4 aliphatic rings. The Bertz CT molecular complexity index is 524. The number of hydrogen-bond acceptors (Lipinski definition) is 2. The molecule has 122 valence electrons. The van der Waals surface area contributed by atoms with Crippen LogP contribution in [-0.4, -0.2) is 11.5 Å². The van der Waals surface area contributed by atoms with E-state index in [2.05, 4.69) is 26.5 Å². The van der Waals surface area contributed by atoms with Gasteiger partial charge in [-0.15, -0.1) is 0 Å². The van der Waals surface area contributed by atoms with Gasteiger partial charge in [0.05, 0.1) is 0 Å². The molecule has 3 fully saturated rings. The Kier molecular flexibility index (Phi) is 3.57. The summed E-state index contributed by atoms with van der Waals surface area (Å²) in [5.41, 5.74) is 2.37. The van der Waals surface area contributed by atoms with Crippen molar-refractivity contribution in [3.8, 4) is 0 Å². The van der Waals surface area contributed by atoms with Crippen LogP contribution in [0.25, 0.3) is 0 Å². The zero-order chi connectivity index (χ0) is 15.5. The Morgan fingerprint density at radius 2 is 1.91 bits per heavy atom. The molecule has 0 radical (unpaired) electrons. The minimum Gasteiger partial charge on any atom is -0.295 e. The molecule has 0 aliphatic heterocycles. The van der Waals surface area contributed by atoms with Gasteiger partial charge in [-0.3, -0.25) is 4.79 Å². The van der Waals surface area contributed by atoms with Crippen molar-refractivity contribution in [1.29, 1.82) is 0 Å². The van der Waals surface area contributed by atoms with Gasteiger partial charge in [0.2, 0.25) is 0 Å². The third-order valence-electron chi connectivity index (χ3n) is 8.38. The summed E-state index contributed by atoms with van der Waals surface area (Å²) in [7, 11) is 0. The number of hydrogen-bond donors (Lipinski definition) is 1. The number of fused-ring (bicyclic) bond motifs is 5. The van der Waals surface area contributed by atoms with Crippen LogP contribution in [0.15, 0.2) is 11.6 Å². The molecule has 0 bridgehead atoms. The SMILES string of the molecule is C[C@]12CCC(=O)C=C1CC[C@@H]1[C@H]2CC[C@]2(C)C(CS)CC[C@@H]12. The third-order valence-corrected chi connectivity index (χ3v) is 8.82. The monoisotopic (exact) mass is 318 g/mol. The van der Waals surface area contributed by atoms with Crippen molar-refractivity contribution in [1.82, 2.24) is 0 Å². The number of ketones is 1. The lowest BCUT2D eigenvalue weighted by Crippen LogP contribution is -2.50. The van der Waals surface area contributed by atoms with E-state index in [0.29, 0.717) is 16.6 Å². The average Bonchev–Trinajstić information content (AvgIpc) is 2.84. The highest BCUT2D eigenvalue weighted by atomic mass is 32.1. The van der Waals surface area contributed by atoms with E-state index < -0.39 is 0 Å². The van der Waals surface area contributed by atoms with E-state index >= 15 is 0 Å². The van der Waals surface area contributed by atoms with E-state index in [0.717, 1.165) is 42.3 Å². The molecule has 2 heteroatoms. The highest BCUT2D eigenvalue weighted by Gasteiger charge is 2.58. The molecule has 0 N–H and O–H groups in total. The Morgan fingerprint density at radius 3 is 2.68 bits per heavy atom. The summed E-state index contributed by atoms with van der Waals surface area (Å²) in [6.07, 6.45) is 12.0. The van der Waals surface area contributed by atoms with Crippen molar-refractivity contribution in [3.05, 3.63) is 11.6 Å². The van der Waals surface area contributed by atoms with Gasteiger partial charge in [-0.25, -0.2) is 0 Å². The summed E-state index contributed by atoms with van der Waals surface area (Å²) >= 11 is 4.66. The van der Waals surface area contributed by atoms with Crippen LogP contribution in [0.1, 0.15) is 65.2 Å². The van der Waals surface area contributed by atoms with Gasteiger partial charge in [0, 0.05) is 6.42 Å². The summed E-state index contributed by atoms with van der Waals surface area (Å²) < 4.78 is 0. The van der Waals surface area contributed by atoms with Gasteiger partial charge in [-0.2, -0.15) is 12.6 Å². The minimum absolute atomic E-state index is 0.331. The fourth-order valence-electron chi connectivity index (χ4n) is 6.97. The van der Waals surface area contributed by atoms with Gasteiger partial charge in [0.25, 0.3) is 0 Å².